The lowest BCUT2D eigenvalue weighted by molar-refractivity contribution is -0.684. The molecule has 1 rings (SSSR count). The second-order valence-electron chi connectivity index (χ2n) is 4.19. The zero-order chi connectivity index (χ0) is 12.5. The van der Waals surface area contributed by atoms with Crippen LogP contribution in [0.25, 0.3) is 0 Å². The van der Waals surface area contributed by atoms with Crippen molar-refractivity contribution in [2.75, 3.05) is 26.4 Å². The first-order valence-corrected chi connectivity index (χ1v) is 6.77. The fraction of sp³-hybridized carbons (Fsp3) is 0.538. The van der Waals surface area contributed by atoms with Gasteiger partial charge in [0.25, 0.3) is 0 Å². The number of rotatable bonds is 8. The summed E-state index contributed by atoms with van der Waals surface area (Å²) in [7, 11) is 0. The van der Waals surface area contributed by atoms with Crippen LogP contribution in [0.2, 0.25) is 0 Å². The van der Waals surface area contributed by atoms with Gasteiger partial charge >= 0.3 is 0 Å². The number of nitrogens with two attached hydrogens (primary N) is 1. The SMILES string of the molecule is CC(C)[NH2+]CCOCCOc1cccc(Br)c1. The molecule has 0 spiro atoms. The normalized spacial score (nSPS) is 10.8. The van der Waals surface area contributed by atoms with Gasteiger partial charge in [-0.25, -0.2) is 0 Å². The highest BCUT2D eigenvalue weighted by Gasteiger charge is 1.97. The van der Waals surface area contributed by atoms with Crippen molar-refractivity contribution in [3.63, 3.8) is 0 Å². The minimum atomic E-state index is 0.595. The first-order chi connectivity index (χ1) is 8.18. The second-order valence-corrected chi connectivity index (χ2v) is 5.10. The fourth-order valence-electron chi connectivity index (χ4n) is 1.36. The van der Waals surface area contributed by atoms with Crippen LogP contribution in [-0.2, 0) is 4.74 Å². The van der Waals surface area contributed by atoms with E-state index in [-0.39, 0.29) is 0 Å². The molecule has 0 unspecified atom stereocenters. The monoisotopic (exact) mass is 302 g/mol. The molecule has 1 aromatic rings. The molecule has 0 bridgehead atoms. The first kappa shape index (κ1) is 14.5. The van der Waals surface area contributed by atoms with E-state index in [9.17, 15) is 0 Å². The number of halogens is 1. The molecule has 2 N–H and O–H groups in total. The third-order valence-electron chi connectivity index (χ3n) is 2.19. The van der Waals surface area contributed by atoms with Crippen LogP contribution in [0.3, 0.4) is 0 Å². The van der Waals surface area contributed by atoms with Gasteiger partial charge in [-0.2, -0.15) is 0 Å². The number of hydrogen-bond acceptors (Lipinski definition) is 2. The van der Waals surface area contributed by atoms with Crippen molar-refractivity contribution in [3.8, 4) is 5.75 Å². The lowest BCUT2D eigenvalue weighted by Crippen LogP contribution is -2.89. The van der Waals surface area contributed by atoms with Gasteiger partial charge in [-0.1, -0.05) is 22.0 Å². The van der Waals surface area contributed by atoms with E-state index in [0.717, 1.165) is 23.4 Å². The van der Waals surface area contributed by atoms with Crippen LogP contribution in [0.1, 0.15) is 13.8 Å². The van der Waals surface area contributed by atoms with Crippen molar-refractivity contribution in [1.82, 2.24) is 0 Å². The van der Waals surface area contributed by atoms with Crippen molar-refractivity contribution in [1.29, 1.82) is 0 Å². The molecule has 0 aliphatic rings. The zero-order valence-corrected chi connectivity index (χ0v) is 12.1. The topological polar surface area (TPSA) is 35.1 Å². The Morgan fingerprint density at radius 2 is 2.06 bits per heavy atom. The maximum absolute atomic E-state index is 5.55. The highest BCUT2D eigenvalue weighted by atomic mass is 79.9. The molecule has 0 atom stereocenters. The maximum atomic E-state index is 5.55. The molecule has 0 saturated carbocycles. The van der Waals surface area contributed by atoms with Gasteiger partial charge < -0.3 is 14.8 Å². The highest BCUT2D eigenvalue weighted by Crippen LogP contribution is 2.17. The van der Waals surface area contributed by atoms with Gasteiger partial charge in [-0.3, -0.25) is 0 Å². The minimum Gasteiger partial charge on any atom is -0.491 e. The Kier molecular flexibility index (Phi) is 7.24. The van der Waals surface area contributed by atoms with Crippen molar-refractivity contribution in [2.24, 2.45) is 0 Å². The van der Waals surface area contributed by atoms with Crippen LogP contribution < -0.4 is 10.1 Å². The van der Waals surface area contributed by atoms with E-state index in [2.05, 4.69) is 35.1 Å². The lowest BCUT2D eigenvalue weighted by Gasteiger charge is -2.08. The van der Waals surface area contributed by atoms with Gasteiger partial charge in [-0.15, -0.1) is 0 Å². The summed E-state index contributed by atoms with van der Waals surface area (Å²) in [6.45, 7) is 7.37. The Morgan fingerprint density at radius 1 is 1.24 bits per heavy atom. The number of benzene rings is 1. The van der Waals surface area contributed by atoms with Crippen molar-refractivity contribution < 1.29 is 14.8 Å². The molecule has 0 aromatic heterocycles. The predicted molar refractivity (Wildman–Crippen MR) is 72.4 cm³/mol. The van der Waals surface area contributed by atoms with Crippen LogP contribution in [0, 0.1) is 0 Å². The molecular weight excluding hydrogens is 282 g/mol. The van der Waals surface area contributed by atoms with Crippen LogP contribution in [-0.4, -0.2) is 32.4 Å². The van der Waals surface area contributed by atoms with Crippen molar-refractivity contribution in [3.05, 3.63) is 28.7 Å². The van der Waals surface area contributed by atoms with E-state index in [0.29, 0.717) is 19.3 Å². The van der Waals surface area contributed by atoms with E-state index in [1.165, 1.54) is 0 Å². The summed E-state index contributed by atoms with van der Waals surface area (Å²) in [6.07, 6.45) is 0. The Bertz CT molecular complexity index is 318. The zero-order valence-electron chi connectivity index (χ0n) is 10.5. The van der Waals surface area contributed by atoms with Crippen LogP contribution in [0.4, 0.5) is 0 Å². The molecule has 0 saturated heterocycles. The molecule has 0 aliphatic carbocycles. The van der Waals surface area contributed by atoms with Gasteiger partial charge in [0.2, 0.25) is 0 Å². The summed E-state index contributed by atoms with van der Waals surface area (Å²) in [5.74, 6) is 0.872. The van der Waals surface area contributed by atoms with Crippen LogP contribution in [0.15, 0.2) is 28.7 Å². The first-order valence-electron chi connectivity index (χ1n) is 5.98. The highest BCUT2D eigenvalue weighted by molar-refractivity contribution is 9.10. The fourth-order valence-corrected chi connectivity index (χ4v) is 1.74. The molecule has 0 radical (unpaired) electrons. The Balaban J connectivity index is 2.01. The summed E-state index contributed by atoms with van der Waals surface area (Å²) < 4.78 is 12.0. The van der Waals surface area contributed by atoms with E-state index >= 15 is 0 Å². The van der Waals surface area contributed by atoms with Crippen LogP contribution in [0.5, 0.6) is 5.75 Å². The molecule has 1 aromatic carbocycles. The van der Waals surface area contributed by atoms with Gasteiger partial charge in [0.05, 0.1) is 25.8 Å². The summed E-state index contributed by atoms with van der Waals surface area (Å²) in [6, 6.07) is 8.46. The molecule has 0 heterocycles. The van der Waals surface area contributed by atoms with Gasteiger partial charge in [0, 0.05) is 4.47 Å². The Hall–Kier alpha value is -0.580. The second kappa shape index (κ2) is 8.50. The van der Waals surface area contributed by atoms with Crippen LogP contribution >= 0.6 is 15.9 Å². The number of hydrogen-bond donors (Lipinski definition) is 1. The van der Waals surface area contributed by atoms with E-state index in [1.54, 1.807) is 0 Å². The number of ether oxygens (including phenoxy) is 2. The molecule has 0 fully saturated rings. The summed E-state index contributed by atoms with van der Waals surface area (Å²) >= 11 is 3.40. The molecule has 0 amide bonds. The Labute approximate surface area is 112 Å². The molecule has 0 aliphatic heterocycles. The van der Waals surface area contributed by atoms with Gasteiger partial charge in [0.15, 0.2) is 0 Å². The quantitative estimate of drug-likeness (QED) is 0.744. The molecule has 3 nitrogen and oxygen atoms in total. The predicted octanol–water partition coefficient (Wildman–Crippen LogP) is 1.82. The molecule has 4 heteroatoms. The third-order valence-corrected chi connectivity index (χ3v) is 2.69. The summed E-state index contributed by atoms with van der Waals surface area (Å²) in [5, 5.41) is 2.26. The van der Waals surface area contributed by atoms with E-state index in [4.69, 9.17) is 9.47 Å². The molecule has 96 valence electrons. The number of quaternary nitrogens is 1. The van der Waals surface area contributed by atoms with Gasteiger partial charge in [0.1, 0.15) is 12.4 Å². The standard InChI is InChI=1S/C13H20BrNO2/c1-11(2)15-6-7-16-8-9-17-13-5-3-4-12(14)10-13/h3-5,10-11,15H,6-9H2,1-2H3/p+1. The minimum absolute atomic E-state index is 0.595. The maximum Gasteiger partial charge on any atom is 0.120 e. The largest absolute Gasteiger partial charge is 0.491 e. The summed E-state index contributed by atoms with van der Waals surface area (Å²) in [4.78, 5) is 0. The third kappa shape index (κ3) is 7.36. The van der Waals surface area contributed by atoms with Crippen molar-refractivity contribution >= 4 is 15.9 Å². The average molecular weight is 303 g/mol. The molecule has 17 heavy (non-hydrogen) atoms. The molecular formula is C13H21BrNO2+. The lowest BCUT2D eigenvalue weighted by atomic mass is 10.3. The van der Waals surface area contributed by atoms with E-state index < -0.39 is 0 Å². The van der Waals surface area contributed by atoms with E-state index in [1.807, 2.05) is 24.3 Å². The smallest absolute Gasteiger partial charge is 0.120 e. The average Bonchev–Trinajstić information content (AvgIpc) is 2.27. The Morgan fingerprint density at radius 3 is 2.76 bits per heavy atom. The summed E-state index contributed by atoms with van der Waals surface area (Å²) in [5.41, 5.74) is 0. The van der Waals surface area contributed by atoms with Crippen molar-refractivity contribution in [2.45, 2.75) is 19.9 Å². The van der Waals surface area contributed by atoms with Gasteiger partial charge in [-0.05, 0) is 32.0 Å².